The Hall–Kier alpha value is -1.49. The average molecular weight is 308 g/mol. The number of rotatable bonds is 2. The predicted octanol–water partition coefficient (Wildman–Crippen LogP) is 4.57. The van der Waals surface area contributed by atoms with Crippen LogP contribution in [-0.4, -0.2) is 15.0 Å². The number of hydrogen-bond donors (Lipinski definition) is 0. The molecule has 0 saturated carbocycles. The number of nitrogens with zero attached hydrogens (tertiary/aromatic N) is 3. The second-order valence-electron chi connectivity index (χ2n) is 3.76. The number of halogens is 2. The summed E-state index contributed by atoms with van der Waals surface area (Å²) in [6.07, 6.45) is 4.98. The minimum Gasteiger partial charge on any atom is -0.261 e. The highest BCUT2D eigenvalue weighted by Gasteiger charge is 2.09. The summed E-state index contributed by atoms with van der Waals surface area (Å²) in [7, 11) is 0. The van der Waals surface area contributed by atoms with E-state index < -0.39 is 0 Å². The summed E-state index contributed by atoms with van der Waals surface area (Å²) in [6.45, 7) is 0. The molecule has 3 nitrogen and oxygen atoms in total. The van der Waals surface area contributed by atoms with Gasteiger partial charge in [-0.1, -0.05) is 29.3 Å². The third-order valence-corrected chi connectivity index (χ3v) is 4.11. The molecule has 0 amide bonds. The highest BCUT2D eigenvalue weighted by Crippen LogP contribution is 2.31. The Labute approximate surface area is 123 Å². The molecule has 0 N–H and O–H groups in total. The highest BCUT2D eigenvalue weighted by atomic mass is 35.5. The van der Waals surface area contributed by atoms with E-state index in [1.807, 2.05) is 11.4 Å². The Morgan fingerprint density at radius 3 is 2.63 bits per heavy atom. The van der Waals surface area contributed by atoms with E-state index in [0.717, 1.165) is 22.0 Å². The molecule has 0 atom stereocenters. The van der Waals surface area contributed by atoms with Crippen LogP contribution >= 0.6 is 34.5 Å². The first-order valence-corrected chi connectivity index (χ1v) is 7.05. The second kappa shape index (κ2) is 5.25. The smallest absolute Gasteiger partial charge is 0.144 e. The number of benzene rings is 1. The molecule has 0 aliphatic heterocycles. The summed E-state index contributed by atoms with van der Waals surface area (Å²) < 4.78 is 0. The second-order valence-corrected chi connectivity index (χ2v) is 5.43. The summed E-state index contributed by atoms with van der Waals surface area (Å²) in [5.41, 5.74) is 2.55. The average Bonchev–Trinajstić information content (AvgIpc) is 2.93. The van der Waals surface area contributed by atoms with Gasteiger partial charge in [0.15, 0.2) is 0 Å². The molecule has 3 rings (SSSR count). The fourth-order valence-corrected chi connectivity index (χ4v) is 2.68. The van der Waals surface area contributed by atoms with Gasteiger partial charge in [-0.3, -0.25) is 9.97 Å². The molecule has 0 fully saturated rings. The summed E-state index contributed by atoms with van der Waals surface area (Å²) in [6, 6.07) is 5.46. The third-order valence-electron chi connectivity index (χ3n) is 2.50. The van der Waals surface area contributed by atoms with E-state index in [9.17, 15) is 0 Å². The lowest BCUT2D eigenvalue weighted by atomic mass is 10.2. The molecule has 3 aromatic rings. The van der Waals surface area contributed by atoms with E-state index in [1.54, 1.807) is 30.7 Å². The van der Waals surface area contributed by atoms with Crippen LogP contribution in [0.1, 0.15) is 0 Å². The van der Waals surface area contributed by atoms with Crippen molar-refractivity contribution in [2.75, 3.05) is 0 Å². The molecule has 2 heterocycles. The first kappa shape index (κ1) is 12.5. The van der Waals surface area contributed by atoms with Crippen molar-refractivity contribution in [2.24, 2.45) is 0 Å². The molecule has 0 aliphatic rings. The van der Waals surface area contributed by atoms with E-state index in [2.05, 4.69) is 15.0 Å². The fraction of sp³-hybridized carbons (Fsp3) is 0. The van der Waals surface area contributed by atoms with Gasteiger partial charge < -0.3 is 0 Å². The van der Waals surface area contributed by atoms with Crippen molar-refractivity contribution < 1.29 is 0 Å². The van der Waals surface area contributed by atoms with Crippen molar-refractivity contribution in [3.8, 4) is 22.0 Å². The van der Waals surface area contributed by atoms with E-state index in [1.165, 1.54) is 11.3 Å². The number of hydrogen-bond acceptors (Lipinski definition) is 4. The van der Waals surface area contributed by atoms with Gasteiger partial charge in [-0.15, -0.1) is 11.3 Å². The Bertz CT molecular complexity index is 713. The Morgan fingerprint density at radius 1 is 1.00 bits per heavy atom. The van der Waals surface area contributed by atoms with Crippen LogP contribution in [0.5, 0.6) is 0 Å². The molecule has 0 saturated heterocycles. The lowest BCUT2D eigenvalue weighted by Crippen LogP contribution is -1.84. The monoisotopic (exact) mass is 307 g/mol. The topological polar surface area (TPSA) is 38.7 Å². The maximum Gasteiger partial charge on any atom is 0.144 e. The first-order valence-electron chi connectivity index (χ1n) is 5.41. The Balaban J connectivity index is 1.99. The highest BCUT2D eigenvalue weighted by molar-refractivity contribution is 7.13. The van der Waals surface area contributed by atoms with Crippen molar-refractivity contribution in [1.29, 1.82) is 0 Å². The normalized spacial score (nSPS) is 10.6. The zero-order valence-corrected chi connectivity index (χ0v) is 11.9. The van der Waals surface area contributed by atoms with Crippen LogP contribution in [0.4, 0.5) is 0 Å². The first-order chi connectivity index (χ1) is 9.24. The van der Waals surface area contributed by atoms with Crippen LogP contribution in [0.2, 0.25) is 10.0 Å². The fourth-order valence-electron chi connectivity index (χ4n) is 1.59. The summed E-state index contributed by atoms with van der Waals surface area (Å²) >= 11 is 13.4. The van der Waals surface area contributed by atoms with Gasteiger partial charge in [0.05, 0.1) is 21.9 Å². The van der Waals surface area contributed by atoms with Crippen LogP contribution in [-0.2, 0) is 0 Å². The Kier molecular flexibility index (Phi) is 3.46. The summed E-state index contributed by atoms with van der Waals surface area (Å²) in [5, 5.41) is 3.85. The molecule has 94 valence electrons. The van der Waals surface area contributed by atoms with Gasteiger partial charge in [0.25, 0.3) is 0 Å². The number of aromatic nitrogens is 3. The number of thiazole rings is 1. The van der Waals surface area contributed by atoms with E-state index in [-0.39, 0.29) is 0 Å². The lowest BCUT2D eigenvalue weighted by Gasteiger charge is -1.99. The molecule has 0 unspecified atom stereocenters. The van der Waals surface area contributed by atoms with Gasteiger partial charge in [-0.2, -0.15) is 0 Å². The summed E-state index contributed by atoms with van der Waals surface area (Å²) in [4.78, 5) is 12.8. The zero-order valence-electron chi connectivity index (χ0n) is 9.55. The molecule has 1 aromatic carbocycles. The molecular weight excluding hydrogens is 301 g/mol. The van der Waals surface area contributed by atoms with E-state index >= 15 is 0 Å². The molecule has 0 spiro atoms. The standard InChI is InChI=1S/C13H7Cl2N3S/c14-9-2-1-8(5-10(9)15)12-7-19-13(18-12)11-6-16-3-4-17-11/h1-7H. The quantitative estimate of drug-likeness (QED) is 0.696. The summed E-state index contributed by atoms with van der Waals surface area (Å²) in [5.74, 6) is 0. The minimum atomic E-state index is 0.521. The van der Waals surface area contributed by atoms with E-state index in [4.69, 9.17) is 23.2 Å². The SMILES string of the molecule is Clc1ccc(-c2csc(-c3cnccn3)n2)cc1Cl. The maximum atomic E-state index is 6.01. The molecular formula is C13H7Cl2N3S. The minimum absolute atomic E-state index is 0.521. The van der Waals surface area contributed by atoms with Crippen LogP contribution in [0, 0.1) is 0 Å². The zero-order chi connectivity index (χ0) is 13.2. The van der Waals surface area contributed by atoms with Crippen molar-refractivity contribution in [3.63, 3.8) is 0 Å². The van der Waals surface area contributed by atoms with Crippen LogP contribution < -0.4 is 0 Å². The third kappa shape index (κ3) is 2.61. The van der Waals surface area contributed by atoms with Crippen molar-refractivity contribution in [2.45, 2.75) is 0 Å². The van der Waals surface area contributed by atoms with Crippen LogP contribution in [0.15, 0.2) is 42.2 Å². The van der Waals surface area contributed by atoms with Crippen molar-refractivity contribution in [1.82, 2.24) is 15.0 Å². The molecule has 0 bridgehead atoms. The van der Waals surface area contributed by atoms with Gasteiger partial charge in [0.1, 0.15) is 10.7 Å². The van der Waals surface area contributed by atoms with Gasteiger partial charge in [-0.25, -0.2) is 4.98 Å². The van der Waals surface area contributed by atoms with Gasteiger partial charge >= 0.3 is 0 Å². The molecule has 0 aliphatic carbocycles. The van der Waals surface area contributed by atoms with Gasteiger partial charge in [0.2, 0.25) is 0 Å². The van der Waals surface area contributed by atoms with Crippen LogP contribution in [0.3, 0.4) is 0 Å². The van der Waals surface area contributed by atoms with Crippen molar-refractivity contribution in [3.05, 3.63) is 52.2 Å². The molecule has 6 heteroatoms. The molecule has 2 aromatic heterocycles. The van der Waals surface area contributed by atoms with Crippen molar-refractivity contribution >= 4 is 34.5 Å². The predicted molar refractivity (Wildman–Crippen MR) is 78.6 cm³/mol. The van der Waals surface area contributed by atoms with Gasteiger partial charge in [-0.05, 0) is 12.1 Å². The van der Waals surface area contributed by atoms with E-state index in [0.29, 0.717) is 10.0 Å². The molecule has 19 heavy (non-hydrogen) atoms. The lowest BCUT2D eigenvalue weighted by molar-refractivity contribution is 1.19. The maximum absolute atomic E-state index is 6.01. The molecule has 0 radical (unpaired) electrons. The Morgan fingerprint density at radius 2 is 1.89 bits per heavy atom. The van der Waals surface area contributed by atoms with Gasteiger partial charge in [0, 0.05) is 23.3 Å². The largest absolute Gasteiger partial charge is 0.261 e. The van der Waals surface area contributed by atoms with Crippen LogP contribution in [0.25, 0.3) is 22.0 Å².